The summed E-state index contributed by atoms with van der Waals surface area (Å²) in [6, 6.07) is 5.08. The third-order valence-corrected chi connectivity index (χ3v) is 3.81. The number of hydrogen-bond donors (Lipinski definition) is 1. The maximum Gasteiger partial charge on any atom is 0.308 e. The summed E-state index contributed by atoms with van der Waals surface area (Å²) in [5.41, 5.74) is 0.751. The SMILES string of the molecule is Cc1cccc2nc(C(=O)N3CC[C@H](C(=O)O)C3)c(F)n12. The van der Waals surface area contributed by atoms with E-state index in [2.05, 4.69) is 4.98 Å². The van der Waals surface area contributed by atoms with Gasteiger partial charge in [-0.15, -0.1) is 0 Å². The number of carbonyl (C=O) groups excluding carboxylic acids is 1. The molecule has 1 N–H and O–H groups in total. The van der Waals surface area contributed by atoms with Crippen LogP contribution < -0.4 is 0 Å². The lowest BCUT2D eigenvalue weighted by molar-refractivity contribution is -0.141. The van der Waals surface area contributed by atoms with Crippen molar-refractivity contribution in [1.82, 2.24) is 14.3 Å². The second-order valence-corrected chi connectivity index (χ2v) is 5.19. The molecule has 2 aromatic heterocycles. The van der Waals surface area contributed by atoms with E-state index in [0.717, 1.165) is 0 Å². The molecule has 1 fully saturated rings. The number of fused-ring (bicyclic) bond motifs is 1. The number of aryl methyl sites for hydroxylation is 1. The van der Waals surface area contributed by atoms with Crippen LogP contribution in [0.5, 0.6) is 0 Å². The van der Waals surface area contributed by atoms with Gasteiger partial charge in [0.1, 0.15) is 5.65 Å². The zero-order valence-corrected chi connectivity index (χ0v) is 11.4. The Morgan fingerprint density at radius 3 is 2.81 bits per heavy atom. The first-order chi connectivity index (χ1) is 9.99. The van der Waals surface area contributed by atoms with E-state index < -0.39 is 23.7 Å². The van der Waals surface area contributed by atoms with Crippen LogP contribution in [0.4, 0.5) is 4.39 Å². The number of pyridine rings is 1. The molecule has 1 aliphatic rings. The Bertz CT molecular complexity index is 740. The Balaban J connectivity index is 1.94. The zero-order valence-electron chi connectivity index (χ0n) is 11.4. The molecule has 0 unspecified atom stereocenters. The minimum atomic E-state index is -0.934. The highest BCUT2D eigenvalue weighted by Gasteiger charge is 2.33. The van der Waals surface area contributed by atoms with Crippen molar-refractivity contribution in [2.24, 2.45) is 5.92 Å². The molecule has 110 valence electrons. The predicted octanol–water partition coefficient (Wildman–Crippen LogP) is 1.33. The van der Waals surface area contributed by atoms with Crippen molar-refractivity contribution in [2.75, 3.05) is 13.1 Å². The molecular formula is C14H14FN3O3. The van der Waals surface area contributed by atoms with Gasteiger partial charge in [0.2, 0.25) is 5.95 Å². The van der Waals surface area contributed by atoms with Crippen LogP contribution in [0.2, 0.25) is 0 Å². The number of aliphatic carboxylic acids is 1. The number of carboxylic acids is 1. The van der Waals surface area contributed by atoms with Crippen molar-refractivity contribution < 1.29 is 19.1 Å². The van der Waals surface area contributed by atoms with Gasteiger partial charge >= 0.3 is 5.97 Å². The Labute approximate surface area is 119 Å². The van der Waals surface area contributed by atoms with Gasteiger partial charge in [-0.25, -0.2) is 4.98 Å². The zero-order chi connectivity index (χ0) is 15.1. The Morgan fingerprint density at radius 2 is 2.19 bits per heavy atom. The number of imidazole rings is 1. The Hall–Kier alpha value is -2.44. The molecule has 0 aliphatic carbocycles. The molecule has 6 nitrogen and oxygen atoms in total. The first-order valence-corrected chi connectivity index (χ1v) is 6.64. The molecular weight excluding hydrogens is 277 g/mol. The minimum Gasteiger partial charge on any atom is -0.481 e. The number of halogens is 1. The average molecular weight is 291 g/mol. The number of amides is 1. The van der Waals surface area contributed by atoms with E-state index in [1.807, 2.05) is 0 Å². The van der Waals surface area contributed by atoms with Crippen molar-refractivity contribution in [3.63, 3.8) is 0 Å². The lowest BCUT2D eigenvalue weighted by atomic mass is 10.1. The molecule has 3 rings (SSSR count). The van der Waals surface area contributed by atoms with Gasteiger partial charge in [0.15, 0.2) is 5.69 Å². The van der Waals surface area contributed by atoms with E-state index in [4.69, 9.17) is 5.11 Å². The minimum absolute atomic E-state index is 0.0977. The highest BCUT2D eigenvalue weighted by atomic mass is 19.1. The summed E-state index contributed by atoms with van der Waals surface area (Å²) < 4.78 is 15.7. The van der Waals surface area contributed by atoms with Crippen molar-refractivity contribution in [2.45, 2.75) is 13.3 Å². The third-order valence-electron chi connectivity index (χ3n) is 3.81. The van der Waals surface area contributed by atoms with Crippen molar-refractivity contribution >= 4 is 17.5 Å². The van der Waals surface area contributed by atoms with Gasteiger partial charge in [-0.2, -0.15) is 4.39 Å². The second-order valence-electron chi connectivity index (χ2n) is 5.19. The van der Waals surface area contributed by atoms with E-state index in [1.54, 1.807) is 25.1 Å². The van der Waals surface area contributed by atoms with Crippen LogP contribution in [0.25, 0.3) is 5.65 Å². The van der Waals surface area contributed by atoms with Gasteiger partial charge in [-0.3, -0.25) is 14.0 Å². The van der Waals surface area contributed by atoms with Gasteiger partial charge in [0.25, 0.3) is 5.91 Å². The molecule has 3 heterocycles. The Kier molecular flexibility index (Phi) is 3.12. The number of nitrogens with zero attached hydrogens (tertiary/aromatic N) is 3. The molecule has 1 saturated heterocycles. The summed E-state index contributed by atoms with van der Waals surface area (Å²) in [7, 11) is 0. The van der Waals surface area contributed by atoms with Gasteiger partial charge in [0, 0.05) is 18.8 Å². The van der Waals surface area contributed by atoms with Crippen molar-refractivity contribution in [1.29, 1.82) is 0 Å². The molecule has 7 heteroatoms. The molecule has 1 aliphatic heterocycles. The number of hydrogen-bond acceptors (Lipinski definition) is 3. The quantitative estimate of drug-likeness (QED) is 0.905. The van der Waals surface area contributed by atoms with Crippen LogP contribution in [-0.2, 0) is 4.79 Å². The highest BCUT2D eigenvalue weighted by Crippen LogP contribution is 2.21. The van der Waals surface area contributed by atoms with Crippen LogP contribution in [0.15, 0.2) is 18.2 Å². The van der Waals surface area contributed by atoms with Gasteiger partial charge in [-0.1, -0.05) is 6.07 Å². The topological polar surface area (TPSA) is 74.9 Å². The summed E-state index contributed by atoms with van der Waals surface area (Å²) in [4.78, 5) is 28.6. The summed E-state index contributed by atoms with van der Waals surface area (Å²) >= 11 is 0. The first-order valence-electron chi connectivity index (χ1n) is 6.64. The van der Waals surface area contributed by atoms with Gasteiger partial charge in [0.05, 0.1) is 5.92 Å². The fraction of sp³-hybridized carbons (Fsp3) is 0.357. The largest absolute Gasteiger partial charge is 0.481 e. The summed E-state index contributed by atoms with van der Waals surface area (Å²) in [5.74, 6) is -2.78. The lowest BCUT2D eigenvalue weighted by Crippen LogP contribution is -2.30. The number of carboxylic acid groups (broad SMARTS) is 1. The number of likely N-dealkylation sites (tertiary alicyclic amines) is 1. The number of carbonyl (C=O) groups is 2. The predicted molar refractivity (Wildman–Crippen MR) is 71.5 cm³/mol. The van der Waals surface area contributed by atoms with E-state index in [9.17, 15) is 14.0 Å². The summed E-state index contributed by atoms with van der Waals surface area (Å²) in [6.45, 7) is 2.13. The fourth-order valence-corrected chi connectivity index (χ4v) is 2.64. The summed E-state index contributed by atoms with van der Waals surface area (Å²) in [6.07, 6.45) is 0.384. The van der Waals surface area contributed by atoms with Crippen LogP contribution >= 0.6 is 0 Å². The smallest absolute Gasteiger partial charge is 0.308 e. The van der Waals surface area contributed by atoms with E-state index in [0.29, 0.717) is 24.3 Å². The molecule has 21 heavy (non-hydrogen) atoms. The molecule has 0 bridgehead atoms. The molecule has 0 radical (unpaired) electrons. The van der Waals surface area contributed by atoms with Crippen LogP contribution in [0.3, 0.4) is 0 Å². The van der Waals surface area contributed by atoms with Crippen molar-refractivity contribution in [3.8, 4) is 0 Å². The van der Waals surface area contributed by atoms with Crippen molar-refractivity contribution in [3.05, 3.63) is 35.5 Å². The number of rotatable bonds is 2. The van der Waals surface area contributed by atoms with Gasteiger partial charge < -0.3 is 10.0 Å². The average Bonchev–Trinajstić information content (AvgIpc) is 3.04. The highest BCUT2D eigenvalue weighted by molar-refractivity contribution is 5.93. The first kappa shape index (κ1) is 13.5. The second kappa shape index (κ2) is 4.83. The van der Waals surface area contributed by atoms with Crippen LogP contribution in [-0.4, -0.2) is 44.4 Å². The normalized spacial score (nSPS) is 18.4. The molecule has 0 saturated carbocycles. The summed E-state index contributed by atoms with van der Waals surface area (Å²) in [5, 5.41) is 8.96. The monoisotopic (exact) mass is 291 g/mol. The Morgan fingerprint density at radius 1 is 1.43 bits per heavy atom. The number of aromatic nitrogens is 2. The van der Waals surface area contributed by atoms with E-state index in [-0.39, 0.29) is 12.2 Å². The molecule has 1 atom stereocenters. The maximum absolute atomic E-state index is 14.4. The fourth-order valence-electron chi connectivity index (χ4n) is 2.64. The maximum atomic E-state index is 14.4. The lowest BCUT2D eigenvalue weighted by Gasteiger charge is -2.13. The van der Waals surface area contributed by atoms with Crippen LogP contribution in [0.1, 0.15) is 22.6 Å². The standard InChI is InChI=1S/C14H14FN3O3/c1-8-3-2-4-10-16-11(12(15)18(8)10)13(19)17-6-5-9(7-17)14(20)21/h2-4,9H,5-7H2,1H3,(H,20,21)/t9-/m0/s1. The molecule has 0 spiro atoms. The molecule has 1 amide bonds. The molecule has 2 aromatic rings. The third kappa shape index (κ3) is 2.14. The van der Waals surface area contributed by atoms with E-state index in [1.165, 1.54) is 9.30 Å². The molecule has 0 aromatic carbocycles. The van der Waals surface area contributed by atoms with Crippen LogP contribution in [0, 0.1) is 18.8 Å². The van der Waals surface area contributed by atoms with Gasteiger partial charge in [-0.05, 0) is 25.5 Å². The van der Waals surface area contributed by atoms with E-state index >= 15 is 0 Å².